The molecule has 76 valence electrons. The van der Waals surface area contributed by atoms with E-state index in [1.165, 1.54) is 0 Å². The van der Waals surface area contributed by atoms with Gasteiger partial charge in [0.05, 0.1) is 16.1 Å². The molecule has 1 saturated heterocycles. The van der Waals surface area contributed by atoms with Gasteiger partial charge in [-0.05, 0) is 25.2 Å². The van der Waals surface area contributed by atoms with Crippen molar-refractivity contribution in [2.75, 3.05) is 25.0 Å². The average molecular weight is 231 g/mol. The van der Waals surface area contributed by atoms with Crippen LogP contribution in [0.2, 0.25) is 10.0 Å². The lowest BCUT2D eigenvalue weighted by atomic mass is 10.3. The molecule has 1 aromatic rings. The standard InChI is InChI=1S/C10H12Cl2N2/c1-13-5-8-6-14(8)7-2-3-9(11)10(12)4-7/h2-4,8,13H,5-6H2,1H3. The van der Waals surface area contributed by atoms with Crippen molar-refractivity contribution >= 4 is 28.9 Å². The van der Waals surface area contributed by atoms with Crippen molar-refractivity contribution in [1.29, 1.82) is 0 Å². The van der Waals surface area contributed by atoms with Gasteiger partial charge in [-0.3, -0.25) is 0 Å². The van der Waals surface area contributed by atoms with E-state index >= 15 is 0 Å². The monoisotopic (exact) mass is 230 g/mol. The molecule has 0 aliphatic carbocycles. The van der Waals surface area contributed by atoms with Crippen LogP contribution in [0, 0.1) is 0 Å². The maximum absolute atomic E-state index is 5.94. The third-order valence-corrected chi connectivity index (χ3v) is 3.13. The summed E-state index contributed by atoms with van der Waals surface area (Å²) in [6.07, 6.45) is 0. The zero-order valence-electron chi connectivity index (χ0n) is 7.93. The molecule has 0 amide bonds. The molecular formula is C10H12Cl2N2. The number of nitrogens with one attached hydrogen (secondary N) is 1. The third kappa shape index (κ3) is 1.97. The maximum atomic E-state index is 5.94. The van der Waals surface area contributed by atoms with E-state index in [4.69, 9.17) is 23.2 Å². The van der Waals surface area contributed by atoms with Crippen molar-refractivity contribution in [1.82, 2.24) is 5.32 Å². The lowest BCUT2D eigenvalue weighted by Crippen LogP contribution is -2.17. The Bertz CT molecular complexity index is 341. The lowest BCUT2D eigenvalue weighted by Gasteiger charge is -2.06. The highest BCUT2D eigenvalue weighted by molar-refractivity contribution is 6.42. The predicted molar refractivity (Wildman–Crippen MR) is 61.5 cm³/mol. The Kier molecular flexibility index (Phi) is 2.86. The first kappa shape index (κ1) is 10.1. The van der Waals surface area contributed by atoms with E-state index in [-0.39, 0.29) is 0 Å². The molecule has 1 aliphatic rings. The summed E-state index contributed by atoms with van der Waals surface area (Å²) in [5.74, 6) is 0. The van der Waals surface area contributed by atoms with E-state index in [2.05, 4.69) is 10.2 Å². The van der Waals surface area contributed by atoms with Crippen LogP contribution in [0.1, 0.15) is 0 Å². The van der Waals surface area contributed by atoms with E-state index in [0.29, 0.717) is 16.1 Å². The molecule has 1 heterocycles. The van der Waals surface area contributed by atoms with Gasteiger partial charge in [-0.25, -0.2) is 0 Å². The molecule has 1 aromatic carbocycles. The first-order chi connectivity index (χ1) is 6.72. The normalized spacial score (nSPS) is 19.9. The fourth-order valence-electron chi connectivity index (χ4n) is 1.57. The molecule has 1 unspecified atom stereocenters. The summed E-state index contributed by atoms with van der Waals surface area (Å²) in [4.78, 5) is 2.29. The number of hydrogen-bond acceptors (Lipinski definition) is 2. The van der Waals surface area contributed by atoms with Gasteiger partial charge < -0.3 is 10.2 Å². The Morgan fingerprint density at radius 1 is 1.43 bits per heavy atom. The number of rotatable bonds is 3. The average Bonchev–Trinajstić information content (AvgIpc) is 2.90. The summed E-state index contributed by atoms with van der Waals surface area (Å²) < 4.78 is 0. The van der Waals surface area contributed by atoms with Gasteiger partial charge in [-0.1, -0.05) is 23.2 Å². The largest absolute Gasteiger partial charge is 0.363 e. The Hall–Kier alpha value is -0.440. The summed E-state index contributed by atoms with van der Waals surface area (Å²) in [7, 11) is 1.96. The van der Waals surface area contributed by atoms with Gasteiger partial charge in [-0.2, -0.15) is 0 Å². The summed E-state index contributed by atoms with van der Waals surface area (Å²) in [5.41, 5.74) is 1.15. The van der Waals surface area contributed by atoms with Crippen molar-refractivity contribution in [2.24, 2.45) is 0 Å². The highest BCUT2D eigenvalue weighted by Gasteiger charge is 2.33. The summed E-state index contributed by atoms with van der Waals surface area (Å²) >= 11 is 11.8. The summed E-state index contributed by atoms with van der Waals surface area (Å²) in [6.45, 7) is 2.11. The maximum Gasteiger partial charge on any atom is 0.0612 e. The molecule has 14 heavy (non-hydrogen) atoms. The Labute approximate surface area is 93.8 Å². The van der Waals surface area contributed by atoms with Crippen molar-refractivity contribution in [3.05, 3.63) is 28.2 Å². The second-order valence-electron chi connectivity index (χ2n) is 3.46. The highest BCUT2D eigenvalue weighted by atomic mass is 35.5. The van der Waals surface area contributed by atoms with E-state index in [1.807, 2.05) is 25.2 Å². The Balaban J connectivity index is 2.08. The number of halogens is 2. The molecule has 0 saturated carbocycles. The van der Waals surface area contributed by atoms with Crippen LogP contribution in [0.5, 0.6) is 0 Å². The van der Waals surface area contributed by atoms with Crippen molar-refractivity contribution < 1.29 is 0 Å². The Morgan fingerprint density at radius 3 is 2.86 bits per heavy atom. The number of nitrogens with zero attached hydrogens (tertiary/aromatic N) is 1. The van der Waals surface area contributed by atoms with Crippen LogP contribution in [0.3, 0.4) is 0 Å². The second-order valence-corrected chi connectivity index (χ2v) is 4.28. The molecule has 1 atom stereocenters. The van der Waals surface area contributed by atoms with Gasteiger partial charge in [0, 0.05) is 18.8 Å². The van der Waals surface area contributed by atoms with E-state index in [0.717, 1.165) is 18.8 Å². The number of anilines is 1. The number of likely N-dealkylation sites (N-methyl/N-ethyl adjacent to an activating group) is 1. The van der Waals surface area contributed by atoms with Crippen LogP contribution in [0.4, 0.5) is 5.69 Å². The fourth-order valence-corrected chi connectivity index (χ4v) is 1.86. The van der Waals surface area contributed by atoms with Crippen molar-refractivity contribution in [3.8, 4) is 0 Å². The summed E-state index contributed by atoms with van der Waals surface area (Å²) in [5, 5.41) is 4.39. The second kappa shape index (κ2) is 3.97. The number of hydrogen-bond donors (Lipinski definition) is 1. The molecule has 0 aromatic heterocycles. The SMILES string of the molecule is CNCC1CN1c1ccc(Cl)c(Cl)c1. The topological polar surface area (TPSA) is 15.0 Å². The van der Waals surface area contributed by atoms with E-state index in [1.54, 1.807) is 0 Å². The molecule has 0 radical (unpaired) electrons. The van der Waals surface area contributed by atoms with Gasteiger partial charge in [0.2, 0.25) is 0 Å². The summed E-state index contributed by atoms with van der Waals surface area (Å²) in [6, 6.07) is 6.37. The van der Waals surface area contributed by atoms with Crippen LogP contribution in [-0.2, 0) is 0 Å². The first-order valence-electron chi connectivity index (χ1n) is 4.58. The van der Waals surface area contributed by atoms with Crippen LogP contribution in [0.15, 0.2) is 18.2 Å². The quantitative estimate of drug-likeness (QED) is 0.803. The minimum atomic E-state index is 0.609. The molecule has 0 spiro atoms. The van der Waals surface area contributed by atoms with Gasteiger partial charge >= 0.3 is 0 Å². The Morgan fingerprint density at radius 2 is 2.21 bits per heavy atom. The van der Waals surface area contributed by atoms with Gasteiger partial charge in [0.15, 0.2) is 0 Å². The zero-order valence-corrected chi connectivity index (χ0v) is 9.44. The zero-order chi connectivity index (χ0) is 10.1. The van der Waals surface area contributed by atoms with Gasteiger partial charge in [0.25, 0.3) is 0 Å². The minimum absolute atomic E-state index is 0.609. The number of benzene rings is 1. The molecule has 2 rings (SSSR count). The lowest BCUT2D eigenvalue weighted by molar-refractivity contribution is 0.791. The molecule has 4 heteroatoms. The van der Waals surface area contributed by atoms with E-state index in [9.17, 15) is 0 Å². The fraction of sp³-hybridized carbons (Fsp3) is 0.400. The molecular weight excluding hydrogens is 219 g/mol. The molecule has 1 N–H and O–H groups in total. The van der Waals surface area contributed by atoms with Crippen LogP contribution >= 0.6 is 23.2 Å². The van der Waals surface area contributed by atoms with Gasteiger partial charge in [-0.15, -0.1) is 0 Å². The highest BCUT2D eigenvalue weighted by Crippen LogP contribution is 2.32. The van der Waals surface area contributed by atoms with Crippen LogP contribution in [0.25, 0.3) is 0 Å². The predicted octanol–water partition coefficient (Wildman–Crippen LogP) is 2.40. The molecule has 2 nitrogen and oxygen atoms in total. The van der Waals surface area contributed by atoms with Crippen LogP contribution in [-0.4, -0.2) is 26.2 Å². The van der Waals surface area contributed by atoms with Crippen LogP contribution < -0.4 is 10.2 Å². The smallest absolute Gasteiger partial charge is 0.0612 e. The van der Waals surface area contributed by atoms with Gasteiger partial charge in [0.1, 0.15) is 0 Å². The minimum Gasteiger partial charge on any atom is -0.363 e. The van der Waals surface area contributed by atoms with Crippen molar-refractivity contribution in [2.45, 2.75) is 6.04 Å². The van der Waals surface area contributed by atoms with Crippen molar-refractivity contribution in [3.63, 3.8) is 0 Å². The third-order valence-electron chi connectivity index (χ3n) is 2.39. The van der Waals surface area contributed by atoms with E-state index < -0.39 is 0 Å². The first-order valence-corrected chi connectivity index (χ1v) is 5.34. The molecule has 0 bridgehead atoms. The molecule has 1 fully saturated rings. The molecule has 1 aliphatic heterocycles.